The van der Waals surface area contributed by atoms with Gasteiger partial charge in [0.05, 0.1) is 11.7 Å². The quantitative estimate of drug-likeness (QED) is 0.671. The van der Waals surface area contributed by atoms with Crippen LogP contribution in [0.2, 0.25) is 0 Å². The fourth-order valence-corrected chi connectivity index (χ4v) is 1.29. The van der Waals surface area contributed by atoms with E-state index in [0.717, 1.165) is 25.6 Å². The first-order chi connectivity index (χ1) is 7.03. The molecule has 0 spiro atoms. The van der Waals surface area contributed by atoms with E-state index in [1.807, 2.05) is 0 Å². The van der Waals surface area contributed by atoms with Crippen LogP contribution in [0.15, 0.2) is 0 Å². The summed E-state index contributed by atoms with van der Waals surface area (Å²) in [5.74, 6) is 0. The number of nitrogens with one attached hydrogen (secondary N) is 1. The van der Waals surface area contributed by atoms with Crippen LogP contribution in [0.1, 0.15) is 40.0 Å². The molecule has 0 aromatic rings. The second kappa shape index (κ2) is 5.83. The van der Waals surface area contributed by atoms with Gasteiger partial charge in [-0.2, -0.15) is 0 Å². The molecule has 1 rings (SSSR count). The summed E-state index contributed by atoms with van der Waals surface area (Å²) in [7, 11) is 1.75. The SMILES string of the molecule is COC(C)(C)CCOC(C)CNC1CC1. The second-order valence-electron chi connectivity index (χ2n) is 5.08. The van der Waals surface area contributed by atoms with E-state index < -0.39 is 0 Å². The highest BCUT2D eigenvalue weighted by Crippen LogP contribution is 2.18. The van der Waals surface area contributed by atoms with E-state index in [0.29, 0.717) is 6.10 Å². The summed E-state index contributed by atoms with van der Waals surface area (Å²) < 4.78 is 11.0. The standard InChI is InChI=1S/C12H25NO2/c1-10(9-13-11-5-6-11)15-8-7-12(2,3)14-4/h10-11,13H,5-9H2,1-4H3. The molecule has 0 saturated heterocycles. The average Bonchev–Trinajstić information content (AvgIpc) is 2.98. The molecule has 3 heteroatoms. The Morgan fingerprint density at radius 2 is 2.07 bits per heavy atom. The van der Waals surface area contributed by atoms with Gasteiger partial charge in [-0.3, -0.25) is 0 Å². The van der Waals surface area contributed by atoms with E-state index in [-0.39, 0.29) is 5.60 Å². The van der Waals surface area contributed by atoms with Gasteiger partial charge >= 0.3 is 0 Å². The third kappa shape index (κ3) is 6.13. The number of hydrogen-bond acceptors (Lipinski definition) is 3. The molecule has 3 nitrogen and oxygen atoms in total. The summed E-state index contributed by atoms with van der Waals surface area (Å²) in [4.78, 5) is 0. The zero-order valence-corrected chi connectivity index (χ0v) is 10.5. The Bertz CT molecular complexity index is 178. The van der Waals surface area contributed by atoms with Crippen LogP contribution in [0.5, 0.6) is 0 Å². The van der Waals surface area contributed by atoms with Gasteiger partial charge in [-0.15, -0.1) is 0 Å². The molecule has 1 unspecified atom stereocenters. The van der Waals surface area contributed by atoms with Crippen LogP contribution in [0.3, 0.4) is 0 Å². The van der Waals surface area contributed by atoms with Crippen molar-refractivity contribution < 1.29 is 9.47 Å². The van der Waals surface area contributed by atoms with Gasteiger partial charge in [0, 0.05) is 26.3 Å². The van der Waals surface area contributed by atoms with Crippen molar-refractivity contribution in [1.29, 1.82) is 0 Å². The normalized spacial score (nSPS) is 19.2. The molecule has 0 radical (unpaired) electrons. The van der Waals surface area contributed by atoms with Crippen LogP contribution in [0.4, 0.5) is 0 Å². The molecule has 0 heterocycles. The van der Waals surface area contributed by atoms with E-state index >= 15 is 0 Å². The highest BCUT2D eigenvalue weighted by atomic mass is 16.5. The molecule has 1 aliphatic carbocycles. The third-order valence-electron chi connectivity index (χ3n) is 2.93. The Morgan fingerprint density at radius 3 is 2.60 bits per heavy atom. The van der Waals surface area contributed by atoms with Crippen molar-refractivity contribution in [3.8, 4) is 0 Å². The summed E-state index contributed by atoms with van der Waals surface area (Å²) in [6.45, 7) is 8.04. The summed E-state index contributed by atoms with van der Waals surface area (Å²) in [6.07, 6.45) is 3.92. The predicted octanol–water partition coefficient (Wildman–Crippen LogP) is 1.96. The zero-order valence-electron chi connectivity index (χ0n) is 10.5. The van der Waals surface area contributed by atoms with Gasteiger partial charge < -0.3 is 14.8 Å². The van der Waals surface area contributed by atoms with Crippen LogP contribution in [-0.4, -0.2) is 38.0 Å². The maximum Gasteiger partial charge on any atom is 0.0671 e. The fraction of sp³-hybridized carbons (Fsp3) is 1.00. The van der Waals surface area contributed by atoms with Crippen molar-refractivity contribution >= 4 is 0 Å². The van der Waals surface area contributed by atoms with Crippen LogP contribution in [0.25, 0.3) is 0 Å². The smallest absolute Gasteiger partial charge is 0.0671 e. The predicted molar refractivity (Wildman–Crippen MR) is 62.1 cm³/mol. The Kier molecular flexibility index (Phi) is 5.03. The number of methoxy groups -OCH3 is 1. The molecule has 0 aromatic heterocycles. The lowest BCUT2D eigenvalue weighted by molar-refractivity contribution is -0.0230. The lowest BCUT2D eigenvalue weighted by Gasteiger charge is -2.23. The van der Waals surface area contributed by atoms with Gasteiger partial charge in [0.2, 0.25) is 0 Å². The van der Waals surface area contributed by atoms with Crippen molar-refractivity contribution in [2.24, 2.45) is 0 Å². The lowest BCUT2D eigenvalue weighted by atomic mass is 10.1. The Hall–Kier alpha value is -0.120. The molecule has 1 fully saturated rings. The van der Waals surface area contributed by atoms with E-state index in [1.54, 1.807) is 7.11 Å². The zero-order chi connectivity index (χ0) is 11.3. The van der Waals surface area contributed by atoms with E-state index in [4.69, 9.17) is 9.47 Å². The van der Waals surface area contributed by atoms with Crippen LogP contribution in [-0.2, 0) is 9.47 Å². The highest BCUT2D eigenvalue weighted by molar-refractivity contribution is 4.81. The van der Waals surface area contributed by atoms with Gasteiger partial charge in [-0.25, -0.2) is 0 Å². The van der Waals surface area contributed by atoms with Gasteiger partial charge in [0.15, 0.2) is 0 Å². The summed E-state index contributed by atoms with van der Waals surface area (Å²) in [6, 6.07) is 0.770. The van der Waals surface area contributed by atoms with Crippen LogP contribution in [0, 0.1) is 0 Å². The minimum absolute atomic E-state index is 0.0658. The molecule has 1 aliphatic rings. The largest absolute Gasteiger partial charge is 0.379 e. The van der Waals surface area contributed by atoms with Gasteiger partial charge in [0.25, 0.3) is 0 Å². The maximum absolute atomic E-state index is 5.72. The molecule has 90 valence electrons. The first-order valence-corrected chi connectivity index (χ1v) is 5.93. The van der Waals surface area contributed by atoms with E-state index in [1.165, 1.54) is 12.8 Å². The Labute approximate surface area is 93.5 Å². The topological polar surface area (TPSA) is 30.5 Å². The minimum atomic E-state index is -0.0658. The fourth-order valence-electron chi connectivity index (χ4n) is 1.29. The van der Waals surface area contributed by atoms with Crippen molar-refractivity contribution in [2.45, 2.75) is 57.8 Å². The van der Waals surface area contributed by atoms with Gasteiger partial charge in [-0.05, 0) is 40.0 Å². The first-order valence-electron chi connectivity index (χ1n) is 5.93. The van der Waals surface area contributed by atoms with Gasteiger partial charge in [-0.1, -0.05) is 0 Å². The van der Waals surface area contributed by atoms with E-state index in [2.05, 4.69) is 26.1 Å². The summed E-state index contributed by atoms with van der Waals surface area (Å²) in [5, 5.41) is 3.46. The second-order valence-corrected chi connectivity index (χ2v) is 5.08. The Morgan fingerprint density at radius 1 is 1.40 bits per heavy atom. The van der Waals surface area contributed by atoms with Crippen LogP contribution >= 0.6 is 0 Å². The molecule has 0 bridgehead atoms. The number of rotatable bonds is 8. The monoisotopic (exact) mass is 215 g/mol. The van der Waals surface area contributed by atoms with Crippen LogP contribution < -0.4 is 5.32 Å². The molecule has 1 N–H and O–H groups in total. The lowest BCUT2D eigenvalue weighted by Crippen LogP contribution is -2.30. The van der Waals surface area contributed by atoms with Crippen molar-refractivity contribution in [2.75, 3.05) is 20.3 Å². The van der Waals surface area contributed by atoms with Crippen molar-refractivity contribution in [3.63, 3.8) is 0 Å². The molecule has 15 heavy (non-hydrogen) atoms. The summed E-state index contributed by atoms with van der Waals surface area (Å²) >= 11 is 0. The van der Waals surface area contributed by atoms with Gasteiger partial charge in [0.1, 0.15) is 0 Å². The number of hydrogen-bond donors (Lipinski definition) is 1. The number of ether oxygens (including phenoxy) is 2. The molecule has 1 saturated carbocycles. The highest BCUT2D eigenvalue weighted by Gasteiger charge is 2.21. The molecular formula is C12H25NO2. The van der Waals surface area contributed by atoms with Crippen molar-refractivity contribution in [3.05, 3.63) is 0 Å². The van der Waals surface area contributed by atoms with Crippen molar-refractivity contribution in [1.82, 2.24) is 5.32 Å². The maximum atomic E-state index is 5.72. The molecule has 0 aromatic carbocycles. The van der Waals surface area contributed by atoms with E-state index in [9.17, 15) is 0 Å². The first kappa shape index (κ1) is 12.9. The molecule has 0 aliphatic heterocycles. The summed E-state index contributed by atoms with van der Waals surface area (Å²) in [5.41, 5.74) is -0.0658. The molecule has 1 atom stereocenters. The minimum Gasteiger partial charge on any atom is -0.379 e. The Balaban J connectivity index is 1.97. The third-order valence-corrected chi connectivity index (χ3v) is 2.93. The molecule has 0 amide bonds. The molecular weight excluding hydrogens is 190 g/mol. The average molecular weight is 215 g/mol.